The monoisotopic (exact) mass is 313 g/mol. The molecule has 0 aliphatic rings. The van der Waals surface area contributed by atoms with Crippen molar-refractivity contribution in [1.29, 1.82) is 0 Å². The number of benzene rings is 1. The van der Waals surface area contributed by atoms with Crippen LogP contribution in [-0.2, 0) is 0 Å². The van der Waals surface area contributed by atoms with Crippen LogP contribution in [0.15, 0.2) is 35.9 Å². The Labute approximate surface area is 137 Å². The van der Waals surface area contributed by atoms with Gasteiger partial charge in [-0.3, -0.25) is 0 Å². The lowest BCUT2D eigenvalue weighted by Crippen LogP contribution is -1.97. The summed E-state index contributed by atoms with van der Waals surface area (Å²) in [5, 5.41) is 10.4. The van der Waals surface area contributed by atoms with Crippen molar-refractivity contribution in [2.45, 2.75) is 27.2 Å². The van der Waals surface area contributed by atoms with E-state index < -0.39 is 0 Å². The van der Waals surface area contributed by atoms with Crippen molar-refractivity contribution in [2.75, 3.05) is 14.2 Å². The maximum atomic E-state index is 10.4. The number of hydrogen-bond donors (Lipinski definition) is 1. The second kappa shape index (κ2) is 7.18. The molecule has 4 nitrogen and oxygen atoms in total. The average molecular weight is 313 g/mol. The third-order valence-corrected chi connectivity index (χ3v) is 4.09. The lowest BCUT2D eigenvalue weighted by Gasteiger charge is -2.14. The summed E-state index contributed by atoms with van der Waals surface area (Å²) in [5.74, 6) is 1.29. The van der Waals surface area contributed by atoms with Crippen molar-refractivity contribution in [3.05, 3.63) is 41.6 Å². The molecule has 0 spiro atoms. The minimum Gasteiger partial charge on any atom is -0.503 e. The molecule has 1 aromatic heterocycles. The molecule has 0 fully saturated rings. The van der Waals surface area contributed by atoms with Crippen LogP contribution in [0.5, 0.6) is 17.2 Å². The van der Waals surface area contributed by atoms with Gasteiger partial charge in [-0.25, -0.2) is 4.98 Å². The number of aromatic nitrogens is 1. The van der Waals surface area contributed by atoms with Gasteiger partial charge >= 0.3 is 0 Å². The topological polar surface area (TPSA) is 51.6 Å². The molecular formula is C19H23NO3. The van der Waals surface area contributed by atoms with Crippen molar-refractivity contribution in [3.63, 3.8) is 0 Å². The van der Waals surface area contributed by atoms with Crippen LogP contribution in [0, 0.1) is 0 Å². The molecule has 0 radical (unpaired) electrons. The second-order valence-corrected chi connectivity index (χ2v) is 5.39. The normalized spacial score (nSPS) is 11.9. The highest BCUT2D eigenvalue weighted by Gasteiger charge is 2.16. The molecule has 2 rings (SSSR count). The van der Waals surface area contributed by atoms with E-state index in [1.54, 1.807) is 20.3 Å². The van der Waals surface area contributed by atoms with Crippen LogP contribution in [0.2, 0.25) is 0 Å². The first-order valence-corrected chi connectivity index (χ1v) is 7.60. The number of aromatic hydroxyl groups is 1. The van der Waals surface area contributed by atoms with Gasteiger partial charge in [-0.2, -0.15) is 0 Å². The van der Waals surface area contributed by atoms with Gasteiger partial charge in [-0.15, -0.1) is 0 Å². The van der Waals surface area contributed by atoms with E-state index in [1.807, 2.05) is 38.1 Å². The summed E-state index contributed by atoms with van der Waals surface area (Å²) in [6.07, 6.45) is 0.905. The van der Waals surface area contributed by atoms with Crippen molar-refractivity contribution in [3.8, 4) is 28.5 Å². The molecule has 0 amide bonds. The van der Waals surface area contributed by atoms with Crippen molar-refractivity contribution >= 4 is 5.57 Å². The molecule has 0 unspecified atom stereocenters. The molecule has 122 valence electrons. The Hall–Kier alpha value is -2.49. The summed E-state index contributed by atoms with van der Waals surface area (Å²) < 4.78 is 10.5. The summed E-state index contributed by atoms with van der Waals surface area (Å²) in [4.78, 5) is 4.65. The van der Waals surface area contributed by atoms with Crippen LogP contribution in [0.4, 0.5) is 0 Å². The van der Waals surface area contributed by atoms with Gasteiger partial charge in [0.1, 0.15) is 11.4 Å². The van der Waals surface area contributed by atoms with Crippen molar-refractivity contribution < 1.29 is 14.6 Å². The van der Waals surface area contributed by atoms with Gasteiger partial charge in [0.05, 0.1) is 19.9 Å². The zero-order valence-electron chi connectivity index (χ0n) is 14.3. The fourth-order valence-corrected chi connectivity index (χ4v) is 2.31. The number of hydrogen-bond acceptors (Lipinski definition) is 4. The largest absolute Gasteiger partial charge is 0.503 e. The number of pyridine rings is 1. The zero-order chi connectivity index (χ0) is 17.0. The Bertz CT molecular complexity index is 718. The number of rotatable bonds is 5. The van der Waals surface area contributed by atoms with E-state index >= 15 is 0 Å². The molecule has 0 saturated heterocycles. The van der Waals surface area contributed by atoms with Crippen molar-refractivity contribution in [1.82, 2.24) is 4.98 Å². The van der Waals surface area contributed by atoms with E-state index in [-0.39, 0.29) is 5.75 Å². The summed E-state index contributed by atoms with van der Waals surface area (Å²) >= 11 is 0. The maximum Gasteiger partial charge on any atom is 0.184 e. The average Bonchev–Trinajstić information content (AvgIpc) is 2.60. The summed E-state index contributed by atoms with van der Waals surface area (Å²) in [6.45, 7) is 6.10. The van der Waals surface area contributed by atoms with E-state index in [0.717, 1.165) is 29.0 Å². The first kappa shape index (κ1) is 16.9. The van der Waals surface area contributed by atoms with E-state index in [2.05, 4.69) is 11.9 Å². The number of nitrogens with zero attached hydrogens (tertiary/aromatic N) is 1. The molecule has 23 heavy (non-hydrogen) atoms. The Morgan fingerprint density at radius 3 is 2.26 bits per heavy atom. The molecule has 0 aliphatic heterocycles. The van der Waals surface area contributed by atoms with Gasteiger partial charge in [0.25, 0.3) is 0 Å². The Morgan fingerprint density at radius 1 is 1.09 bits per heavy atom. The van der Waals surface area contributed by atoms with E-state index in [9.17, 15) is 5.11 Å². The molecule has 0 aliphatic carbocycles. The van der Waals surface area contributed by atoms with Gasteiger partial charge in [0.2, 0.25) is 0 Å². The quantitative estimate of drug-likeness (QED) is 0.871. The van der Waals surface area contributed by atoms with E-state index in [0.29, 0.717) is 11.4 Å². The minimum atomic E-state index is 0.0788. The van der Waals surface area contributed by atoms with Gasteiger partial charge < -0.3 is 14.6 Å². The molecule has 1 N–H and O–H groups in total. The lowest BCUT2D eigenvalue weighted by molar-refractivity contribution is 0.371. The lowest BCUT2D eigenvalue weighted by atomic mass is 10.0. The second-order valence-electron chi connectivity index (χ2n) is 5.39. The van der Waals surface area contributed by atoms with Crippen LogP contribution < -0.4 is 9.47 Å². The highest BCUT2D eigenvalue weighted by Crippen LogP contribution is 2.37. The highest BCUT2D eigenvalue weighted by molar-refractivity contribution is 5.74. The molecular weight excluding hydrogens is 290 g/mol. The number of allylic oxidation sites excluding steroid dienone is 2. The standard InChI is InChI=1S/C19H23NO3/c1-6-12(2)13(3)18-19(21)17(23-5)11-16(20-18)14-7-9-15(22-4)10-8-14/h7-11,21H,6H2,1-5H3/b13-12-. The Morgan fingerprint density at radius 2 is 1.74 bits per heavy atom. The molecule has 1 heterocycles. The zero-order valence-corrected chi connectivity index (χ0v) is 14.3. The van der Waals surface area contributed by atoms with Gasteiger partial charge in [0, 0.05) is 11.6 Å². The van der Waals surface area contributed by atoms with Crippen LogP contribution in [0.3, 0.4) is 0 Å². The molecule has 0 saturated carbocycles. The number of ether oxygens (including phenoxy) is 2. The van der Waals surface area contributed by atoms with Gasteiger partial charge in [-0.05, 0) is 50.1 Å². The summed E-state index contributed by atoms with van der Waals surface area (Å²) in [5.41, 5.74) is 4.41. The maximum absolute atomic E-state index is 10.4. The molecule has 2 aromatic rings. The fourth-order valence-electron chi connectivity index (χ4n) is 2.31. The Kier molecular flexibility index (Phi) is 5.27. The highest BCUT2D eigenvalue weighted by atomic mass is 16.5. The summed E-state index contributed by atoms with van der Waals surface area (Å²) in [7, 11) is 3.18. The van der Waals surface area contributed by atoms with Crippen LogP contribution >= 0.6 is 0 Å². The molecule has 1 aromatic carbocycles. The SMILES string of the molecule is CC/C(C)=C(/C)c1nc(-c2ccc(OC)cc2)cc(OC)c1O. The van der Waals surface area contributed by atoms with Crippen LogP contribution in [-0.4, -0.2) is 24.3 Å². The molecule has 0 atom stereocenters. The number of methoxy groups -OCH3 is 2. The molecule has 4 heteroatoms. The third-order valence-electron chi connectivity index (χ3n) is 4.09. The van der Waals surface area contributed by atoms with E-state index in [4.69, 9.17) is 9.47 Å². The third kappa shape index (κ3) is 3.47. The van der Waals surface area contributed by atoms with E-state index in [1.165, 1.54) is 5.57 Å². The predicted octanol–water partition coefficient (Wildman–Crippen LogP) is 4.67. The van der Waals surface area contributed by atoms with Gasteiger partial charge in [0.15, 0.2) is 11.5 Å². The first-order valence-electron chi connectivity index (χ1n) is 7.60. The smallest absolute Gasteiger partial charge is 0.184 e. The van der Waals surface area contributed by atoms with Gasteiger partial charge in [-0.1, -0.05) is 12.5 Å². The Balaban J connectivity index is 2.61. The fraction of sp³-hybridized carbons (Fsp3) is 0.316. The van der Waals surface area contributed by atoms with Crippen molar-refractivity contribution in [2.24, 2.45) is 0 Å². The van der Waals surface area contributed by atoms with Crippen LogP contribution in [0.1, 0.15) is 32.9 Å². The summed E-state index contributed by atoms with van der Waals surface area (Å²) in [6, 6.07) is 9.39. The predicted molar refractivity (Wildman–Crippen MR) is 93.0 cm³/mol. The first-order chi connectivity index (χ1) is 11.0. The van der Waals surface area contributed by atoms with Crippen LogP contribution in [0.25, 0.3) is 16.8 Å². The minimum absolute atomic E-state index is 0.0788. The molecule has 0 bridgehead atoms.